The van der Waals surface area contributed by atoms with Crippen LogP contribution in [-0.2, 0) is 0 Å². The molecule has 0 aliphatic heterocycles. The summed E-state index contributed by atoms with van der Waals surface area (Å²) in [5, 5.41) is 0. The number of hydrogen-bond acceptors (Lipinski definition) is 0. The third-order valence-electron chi connectivity index (χ3n) is 4.42. The molecule has 0 aromatic carbocycles. The first-order chi connectivity index (χ1) is 7.42. The van der Waals surface area contributed by atoms with Crippen LogP contribution in [0.15, 0.2) is 22.3 Å². The van der Waals surface area contributed by atoms with Gasteiger partial charge in [0.2, 0.25) is 0 Å². The molecule has 1 radical (unpaired) electrons. The molecule has 0 fully saturated rings. The molecule has 0 amide bonds. The van der Waals surface area contributed by atoms with Gasteiger partial charge in [0.25, 0.3) is 0 Å². The predicted octanol–water partition coefficient (Wildman–Crippen LogP) is 4.58. The Morgan fingerprint density at radius 1 is 1.07 bits per heavy atom. The van der Waals surface area contributed by atoms with Crippen molar-refractivity contribution in [2.24, 2.45) is 5.92 Å². The van der Waals surface area contributed by atoms with Gasteiger partial charge < -0.3 is 0 Å². The van der Waals surface area contributed by atoms with Crippen LogP contribution in [0.4, 0.5) is 0 Å². The molecular weight excluding hydrogens is 180 g/mol. The highest BCUT2D eigenvalue weighted by molar-refractivity contribution is 5.54. The van der Waals surface area contributed by atoms with Gasteiger partial charge in [-0.2, -0.15) is 0 Å². The Kier molecular flexibility index (Phi) is 2.46. The van der Waals surface area contributed by atoms with Gasteiger partial charge in [-0.15, -0.1) is 0 Å². The lowest BCUT2D eigenvalue weighted by Gasteiger charge is -2.21. The maximum atomic E-state index is 2.55. The second kappa shape index (κ2) is 3.81. The Bertz CT molecular complexity index is 298. The summed E-state index contributed by atoms with van der Waals surface area (Å²) < 4.78 is 0. The Morgan fingerprint density at radius 3 is 2.73 bits per heavy atom. The zero-order valence-corrected chi connectivity index (χ0v) is 9.81. The van der Waals surface area contributed by atoms with E-state index in [1.807, 2.05) is 5.57 Å². The highest BCUT2D eigenvalue weighted by Gasteiger charge is 2.34. The van der Waals surface area contributed by atoms with Gasteiger partial charge in [-0.3, -0.25) is 0 Å². The molecule has 0 aromatic heterocycles. The van der Waals surface area contributed by atoms with Crippen LogP contribution in [0.2, 0.25) is 0 Å². The van der Waals surface area contributed by atoms with E-state index in [1.54, 1.807) is 16.7 Å². The van der Waals surface area contributed by atoms with Gasteiger partial charge in [-0.25, -0.2) is 0 Å². The second-order valence-corrected chi connectivity index (χ2v) is 5.20. The predicted molar refractivity (Wildman–Crippen MR) is 64.5 cm³/mol. The molecule has 0 heterocycles. The molecule has 0 nitrogen and oxygen atoms in total. The molecule has 0 saturated heterocycles. The van der Waals surface area contributed by atoms with Crippen molar-refractivity contribution in [1.29, 1.82) is 0 Å². The standard InChI is InChI=1S/C15H21/c1-2-11-12-7-3-5-9-14(12)15-10-6-4-8-13(11)15/h7,11H,2-6,8-10H2,1H3. The SMILES string of the molecule is CCC1C2=C(CCC[CH]2)C2=C1CCCC2. The molecule has 0 N–H and O–H groups in total. The fourth-order valence-electron chi connectivity index (χ4n) is 3.79. The van der Waals surface area contributed by atoms with Gasteiger partial charge in [-0.1, -0.05) is 18.1 Å². The van der Waals surface area contributed by atoms with Crippen molar-refractivity contribution >= 4 is 0 Å². The van der Waals surface area contributed by atoms with Crippen LogP contribution in [0.3, 0.4) is 0 Å². The minimum Gasteiger partial charge on any atom is -0.0645 e. The average Bonchev–Trinajstić information content (AvgIpc) is 2.63. The molecule has 1 atom stereocenters. The third kappa shape index (κ3) is 1.41. The largest absolute Gasteiger partial charge is 0.0645 e. The van der Waals surface area contributed by atoms with Crippen LogP contribution in [-0.4, -0.2) is 0 Å². The Morgan fingerprint density at radius 2 is 1.87 bits per heavy atom. The average molecular weight is 201 g/mol. The van der Waals surface area contributed by atoms with E-state index >= 15 is 0 Å². The summed E-state index contributed by atoms with van der Waals surface area (Å²) in [6.45, 7) is 2.36. The van der Waals surface area contributed by atoms with Gasteiger partial charge in [0.1, 0.15) is 0 Å². The highest BCUT2D eigenvalue weighted by atomic mass is 14.4. The van der Waals surface area contributed by atoms with Crippen molar-refractivity contribution in [2.75, 3.05) is 0 Å². The van der Waals surface area contributed by atoms with Gasteiger partial charge in [0.15, 0.2) is 0 Å². The van der Waals surface area contributed by atoms with E-state index in [0.717, 1.165) is 5.92 Å². The van der Waals surface area contributed by atoms with Gasteiger partial charge >= 0.3 is 0 Å². The minimum atomic E-state index is 0.829. The zero-order valence-electron chi connectivity index (χ0n) is 9.81. The maximum Gasteiger partial charge on any atom is 0.00192 e. The quantitative estimate of drug-likeness (QED) is 0.582. The van der Waals surface area contributed by atoms with Crippen LogP contribution in [0.5, 0.6) is 0 Å². The topological polar surface area (TPSA) is 0 Å². The molecule has 3 aliphatic carbocycles. The number of hydrogen-bond donors (Lipinski definition) is 0. The van der Waals surface area contributed by atoms with E-state index in [0.29, 0.717) is 0 Å². The van der Waals surface area contributed by atoms with E-state index < -0.39 is 0 Å². The molecule has 0 aromatic rings. The van der Waals surface area contributed by atoms with Crippen molar-refractivity contribution < 1.29 is 0 Å². The molecule has 0 saturated carbocycles. The second-order valence-electron chi connectivity index (χ2n) is 5.20. The Labute approximate surface area is 93.5 Å². The van der Waals surface area contributed by atoms with Gasteiger partial charge in [0, 0.05) is 5.92 Å². The monoisotopic (exact) mass is 201 g/mol. The Hall–Kier alpha value is -0.520. The van der Waals surface area contributed by atoms with Crippen molar-refractivity contribution in [3.8, 4) is 0 Å². The molecule has 81 valence electrons. The zero-order chi connectivity index (χ0) is 10.3. The summed E-state index contributed by atoms with van der Waals surface area (Å²) in [5.41, 5.74) is 7.17. The molecule has 0 bridgehead atoms. The summed E-state index contributed by atoms with van der Waals surface area (Å²) in [6.07, 6.45) is 13.6. The first-order valence-corrected chi connectivity index (χ1v) is 6.70. The van der Waals surface area contributed by atoms with Gasteiger partial charge in [-0.05, 0) is 68.9 Å². The van der Waals surface area contributed by atoms with E-state index in [9.17, 15) is 0 Å². The molecule has 0 heteroatoms. The number of fused-ring (bicyclic) bond motifs is 1. The van der Waals surface area contributed by atoms with Crippen LogP contribution in [0.1, 0.15) is 58.3 Å². The summed E-state index contributed by atoms with van der Waals surface area (Å²) >= 11 is 0. The van der Waals surface area contributed by atoms with E-state index in [2.05, 4.69) is 13.3 Å². The first kappa shape index (κ1) is 9.69. The molecule has 0 spiro atoms. The van der Waals surface area contributed by atoms with E-state index in [1.165, 1.54) is 51.4 Å². The lowest BCUT2D eigenvalue weighted by Crippen LogP contribution is -2.07. The van der Waals surface area contributed by atoms with Crippen LogP contribution in [0.25, 0.3) is 0 Å². The van der Waals surface area contributed by atoms with Crippen LogP contribution < -0.4 is 0 Å². The van der Waals surface area contributed by atoms with E-state index in [-0.39, 0.29) is 0 Å². The fourth-order valence-corrected chi connectivity index (χ4v) is 3.79. The number of rotatable bonds is 1. The number of allylic oxidation sites excluding steroid dienone is 4. The van der Waals surface area contributed by atoms with Gasteiger partial charge in [0.05, 0.1) is 0 Å². The van der Waals surface area contributed by atoms with Crippen molar-refractivity contribution in [3.05, 3.63) is 28.7 Å². The van der Waals surface area contributed by atoms with Crippen molar-refractivity contribution in [1.82, 2.24) is 0 Å². The molecular formula is C15H21. The first-order valence-electron chi connectivity index (χ1n) is 6.70. The van der Waals surface area contributed by atoms with Crippen molar-refractivity contribution in [3.63, 3.8) is 0 Å². The molecule has 1 unspecified atom stereocenters. The molecule has 3 rings (SSSR count). The van der Waals surface area contributed by atoms with Crippen LogP contribution >= 0.6 is 0 Å². The maximum absolute atomic E-state index is 2.55. The van der Waals surface area contributed by atoms with E-state index in [4.69, 9.17) is 0 Å². The minimum absolute atomic E-state index is 0.829. The normalized spacial score (nSPS) is 27.0. The molecule has 15 heavy (non-hydrogen) atoms. The van der Waals surface area contributed by atoms with Crippen LogP contribution in [0, 0.1) is 12.3 Å². The lowest BCUT2D eigenvalue weighted by molar-refractivity contribution is 0.598. The smallest absolute Gasteiger partial charge is 0.00192 e. The van der Waals surface area contributed by atoms with Crippen molar-refractivity contribution in [2.45, 2.75) is 58.3 Å². The third-order valence-corrected chi connectivity index (χ3v) is 4.42. The summed E-state index contributed by atoms with van der Waals surface area (Å²) in [4.78, 5) is 0. The summed E-state index contributed by atoms with van der Waals surface area (Å²) in [5.74, 6) is 0.829. The Balaban J connectivity index is 2.01. The summed E-state index contributed by atoms with van der Waals surface area (Å²) in [7, 11) is 0. The fraction of sp³-hybridized carbons (Fsp3) is 0.667. The molecule has 3 aliphatic rings. The highest BCUT2D eigenvalue weighted by Crippen LogP contribution is 2.50. The summed E-state index contributed by atoms with van der Waals surface area (Å²) in [6, 6.07) is 0. The lowest BCUT2D eigenvalue weighted by atomic mass is 9.84.